The first-order valence-corrected chi connectivity index (χ1v) is 4.90. The van der Waals surface area contributed by atoms with Crippen LogP contribution in [0.2, 0.25) is 0 Å². The third-order valence-corrected chi connectivity index (χ3v) is 2.41. The van der Waals surface area contributed by atoms with Gasteiger partial charge < -0.3 is 16.2 Å². The van der Waals surface area contributed by atoms with Gasteiger partial charge in [-0.1, -0.05) is 6.92 Å². The molecule has 100 valence electrons. The fourth-order valence-electron chi connectivity index (χ4n) is 0.935. The van der Waals surface area contributed by atoms with Crippen molar-refractivity contribution in [1.82, 2.24) is 5.32 Å². The molecule has 0 bridgehead atoms. The summed E-state index contributed by atoms with van der Waals surface area (Å²) in [4.78, 5) is 21.8. The van der Waals surface area contributed by atoms with Crippen LogP contribution in [0.3, 0.4) is 0 Å². The molecule has 0 saturated carbocycles. The largest absolute Gasteiger partial charge is 0.481 e. The van der Waals surface area contributed by atoms with Gasteiger partial charge in [0.15, 0.2) is 5.54 Å². The molecule has 0 saturated heterocycles. The van der Waals surface area contributed by atoms with Gasteiger partial charge in [0.05, 0.1) is 5.92 Å². The Morgan fingerprint density at radius 1 is 1.41 bits per heavy atom. The minimum Gasteiger partial charge on any atom is -0.481 e. The van der Waals surface area contributed by atoms with Crippen molar-refractivity contribution in [3.63, 3.8) is 0 Å². The van der Waals surface area contributed by atoms with Gasteiger partial charge in [0.25, 0.3) is 0 Å². The first-order chi connectivity index (χ1) is 7.54. The van der Waals surface area contributed by atoms with Crippen LogP contribution >= 0.6 is 0 Å². The summed E-state index contributed by atoms with van der Waals surface area (Å²) >= 11 is 0. The number of hydrogen-bond acceptors (Lipinski definition) is 3. The molecule has 4 N–H and O–H groups in total. The summed E-state index contributed by atoms with van der Waals surface area (Å²) in [6.07, 6.45) is -4.69. The molecule has 0 fully saturated rings. The zero-order chi connectivity index (χ0) is 13.9. The molecule has 0 heterocycles. The van der Waals surface area contributed by atoms with Crippen LogP contribution in [-0.2, 0) is 9.59 Å². The van der Waals surface area contributed by atoms with Crippen LogP contribution in [0.15, 0.2) is 0 Å². The smallest absolute Gasteiger partial charge is 0.415 e. The molecule has 0 aromatic carbocycles. The van der Waals surface area contributed by atoms with Crippen molar-refractivity contribution < 1.29 is 27.9 Å². The molecule has 0 aliphatic heterocycles. The molecular formula is C9H15F3N2O3. The van der Waals surface area contributed by atoms with Crippen LogP contribution in [-0.4, -0.2) is 35.2 Å². The van der Waals surface area contributed by atoms with Crippen LogP contribution < -0.4 is 11.1 Å². The lowest BCUT2D eigenvalue weighted by Crippen LogP contribution is -2.61. The maximum Gasteiger partial charge on any atom is 0.415 e. The Bertz CT molecular complexity index is 302. The molecule has 0 aliphatic carbocycles. The topological polar surface area (TPSA) is 92.4 Å². The van der Waals surface area contributed by atoms with Gasteiger partial charge in [-0.3, -0.25) is 9.59 Å². The number of rotatable bonds is 5. The Kier molecular flexibility index (Phi) is 4.94. The summed E-state index contributed by atoms with van der Waals surface area (Å²) in [6, 6.07) is 0. The number of alkyl halides is 3. The fourth-order valence-corrected chi connectivity index (χ4v) is 0.935. The lowest BCUT2D eigenvalue weighted by molar-refractivity contribution is -0.187. The summed E-state index contributed by atoms with van der Waals surface area (Å²) < 4.78 is 37.0. The maximum atomic E-state index is 12.3. The molecule has 5 nitrogen and oxygen atoms in total. The number of amides is 1. The lowest BCUT2D eigenvalue weighted by Gasteiger charge is -2.26. The third-order valence-electron chi connectivity index (χ3n) is 2.41. The first-order valence-electron chi connectivity index (χ1n) is 4.90. The number of halogens is 3. The van der Waals surface area contributed by atoms with E-state index in [-0.39, 0.29) is 13.0 Å². The number of carboxylic acids is 1. The monoisotopic (exact) mass is 256 g/mol. The van der Waals surface area contributed by atoms with Gasteiger partial charge >= 0.3 is 12.1 Å². The third kappa shape index (κ3) is 3.88. The Hall–Kier alpha value is -1.31. The van der Waals surface area contributed by atoms with E-state index in [0.717, 1.165) is 0 Å². The Balaban J connectivity index is 4.52. The summed E-state index contributed by atoms with van der Waals surface area (Å²) in [7, 11) is 0. The molecule has 2 unspecified atom stereocenters. The van der Waals surface area contributed by atoms with Crippen molar-refractivity contribution in [3.05, 3.63) is 0 Å². The second-order valence-electron chi connectivity index (χ2n) is 3.85. The number of carbonyl (C=O) groups excluding carboxylic acids is 1. The van der Waals surface area contributed by atoms with Crippen molar-refractivity contribution in [1.29, 1.82) is 0 Å². The Labute approximate surface area is 96.2 Å². The molecule has 0 rings (SSSR count). The summed E-state index contributed by atoms with van der Waals surface area (Å²) in [6.45, 7) is 1.70. The van der Waals surface area contributed by atoms with E-state index in [0.29, 0.717) is 6.92 Å². The summed E-state index contributed by atoms with van der Waals surface area (Å²) in [5.41, 5.74) is 1.83. The minimum atomic E-state index is -4.89. The number of nitrogens with one attached hydrogen (secondary N) is 1. The van der Waals surface area contributed by atoms with Crippen LogP contribution in [0, 0.1) is 5.92 Å². The maximum absolute atomic E-state index is 12.3. The van der Waals surface area contributed by atoms with Gasteiger partial charge in [-0.25, -0.2) is 0 Å². The normalized spacial score (nSPS) is 17.1. The second kappa shape index (κ2) is 5.35. The van der Waals surface area contributed by atoms with Gasteiger partial charge in [0.1, 0.15) is 0 Å². The molecule has 2 atom stereocenters. The van der Waals surface area contributed by atoms with Crippen molar-refractivity contribution >= 4 is 11.9 Å². The number of carbonyl (C=O) groups is 2. The lowest BCUT2D eigenvalue weighted by atomic mass is 10.0. The van der Waals surface area contributed by atoms with E-state index in [4.69, 9.17) is 10.8 Å². The number of hydrogen-bond donors (Lipinski definition) is 3. The predicted molar refractivity (Wildman–Crippen MR) is 53.1 cm³/mol. The van der Waals surface area contributed by atoms with Gasteiger partial charge in [-0.2, -0.15) is 13.2 Å². The van der Waals surface area contributed by atoms with Crippen LogP contribution in [0.1, 0.15) is 20.3 Å². The van der Waals surface area contributed by atoms with Gasteiger partial charge in [-0.15, -0.1) is 0 Å². The Morgan fingerprint density at radius 3 is 2.18 bits per heavy atom. The quantitative estimate of drug-likeness (QED) is 0.667. The second-order valence-corrected chi connectivity index (χ2v) is 3.85. The molecule has 1 amide bonds. The van der Waals surface area contributed by atoms with Crippen molar-refractivity contribution in [2.24, 2.45) is 11.7 Å². The minimum absolute atomic E-state index is 0.197. The van der Waals surface area contributed by atoms with E-state index in [1.807, 2.05) is 5.32 Å². The van der Waals surface area contributed by atoms with Crippen LogP contribution in [0.4, 0.5) is 13.2 Å². The number of carboxylic acid groups (broad SMARTS) is 1. The van der Waals surface area contributed by atoms with Crippen LogP contribution in [0.5, 0.6) is 0 Å². The number of aliphatic carboxylic acids is 1. The van der Waals surface area contributed by atoms with E-state index < -0.39 is 29.5 Å². The predicted octanol–water partition coefficient (Wildman–Crippen LogP) is 0.493. The van der Waals surface area contributed by atoms with Crippen molar-refractivity contribution in [3.8, 4) is 0 Å². The first kappa shape index (κ1) is 15.7. The van der Waals surface area contributed by atoms with E-state index >= 15 is 0 Å². The SMILES string of the molecule is CCC(CNC(=O)C(C)(N)C(F)(F)F)C(=O)O. The molecular weight excluding hydrogens is 241 g/mol. The average molecular weight is 256 g/mol. The highest BCUT2D eigenvalue weighted by Crippen LogP contribution is 2.27. The molecule has 17 heavy (non-hydrogen) atoms. The molecule has 0 aliphatic rings. The van der Waals surface area contributed by atoms with Gasteiger partial charge in [0.2, 0.25) is 5.91 Å². The molecule has 0 aromatic rings. The Morgan fingerprint density at radius 2 is 1.88 bits per heavy atom. The van der Waals surface area contributed by atoms with E-state index in [2.05, 4.69) is 0 Å². The summed E-state index contributed by atoms with van der Waals surface area (Å²) in [5, 5.41) is 10.5. The van der Waals surface area contributed by atoms with Gasteiger partial charge in [-0.05, 0) is 13.3 Å². The number of nitrogens with two attached hydrogens (primary N) is 1. The summed E-state index contributed by atoms with van der Waals surface area (Å²) in [5.74, 6) is -3.55. The van der Waals surface area contributed by atoms with E-state index in [1.165, 1.54) is 0 Å². The molecule has 8 heteroatoms. The highest BCUT2D eigenvalue weighted by molar-refractivity contribution is 5.87. The average Bonchev–Trinajstić information content (AvgIpc) is 2.15. The highest BCUT2D eigenvalue weighted by Gasteiger charge is 2.53. The fraction of sp³-hybridized carbons (Fsp3) is 0.778. The van der Waals surface area contributed by atoms with Gasteiger partial charge in [0, 0.05) is 6.54 Å². The molecule has 0 aromatic heterocycles. The van der Waals surface area contributed by atoms with E-state index in [1.54, 1.807) is 6.92 Å². The van der Waals surface area contributed by atoms with Crippen molar-refractivity contribution in [2.75, 3.05) is 6.54 Å². The zero-order valence-corrected chi connectivity index (χ0v) is 9.47. The standard InChI is InChI=1S/C9H15F3N2O3/c1-3-5(6(15)16)4-14-7(17)8(2,13)9(10,11)12/h5H,3-4,13H2,1-2H3,(H,14,17)(H,15,16). The zero-order valence-electron chi connectivity index (χ0n) is 9.47. The van der Waals surface area contributed by atoms with E-state index in [9.17, 15) is 22.8 Å². The van der Waals surface area contributed by atoms with Crippen molar-refractivity contribution in [2.45, 2.75) is 32.0 Å². The highest BCUT2D eigenvalue weighted by atomic mass is 19.4. The van der Waals surface area contributed by atoms with Crippen LogP contribution in [0.25, 0.3) is 0 Å². The molecule has 0 spiro atoms. The molecule has 0 radical (unpaired) electrons.